The van der Waals surface area contributed by atoms with Crippen molar-refractivity contribution in [2.75, 3.05) is 13.1 Å². The second-order valence-electron chi connectivity index (χ2n) is 7.51. The molecule has 0 aliphatic heterocycles. The number of hydrogen-bond donors (Lipinski definition) is 1. The molecule has 0 atom stereocenters. The van der Waals surface area contributed by atoms with Crippen LogP contribution in [0.2, 0.25) is 0 Å². The van der Waals surface area contributed by atoms with Crippen molar-refractivity contribution in [2.45, 2.75) is 90.5 Å². The van der Waals surface area contributed by atoms with Crippen molar-refractivity contribution in [3.63, 3.8) is 0 Å². The third-order valence-corrected chi connectivity index (χ3v) is 4.97. The standard InChI is InChI=1S/C23H40N2O/c1-2-3-4-5-6-7-8-9-10-14-19-25(20-15-18-23(24)26)21-22-16-12-11-13-17-22/h11-13,16-17H,2-10,14-15,18-21H2,1H3,(H2,24,26). The average molecular weight is 361 g/mol. The third kappa shape index (κ3) is 12.9. The molecule has 0 heterocycles. The molecule has 3 nitrogen and oxygen atoms in total. The van der Waals surface area contributed by atoms with E-state index in [1.165, 1.54) is 69.8 Å². The lowest BCUT2D eigenvalue weighted by atomic mass is 10.1. The zero-order valence-corrected chi connectivity index (χ0v) is 16.9. The molecule has 2 N–H and O–H groups in total. The van der Waals surface area contributed by atoms with E-state index in [2.05, 4.69) is 42.2 Å². The fourth-order valence-electron chi connectivity index (χ4n) is 3.41. The first-order chi connectivity index (χ1) is 12.7. The number of primary amides is 1. The van der Waals surface area contributed by atoms with Gasteiger partial charge in [-0.15, -0.1) is 0 Å². The first-order valence-corrected chi connectivity index (χ1v) is 10.8. The topological polar surface area (TPSA) is 46.3 Å². The summed E-state index contributed by atoms with van der Waals surface area (Å²) in [6.07, 6.45) is 15.0. The summed E-state index contributed by atoms with van der Waals surface area (Å²) in [7, 11) is 0. The van der Waals surface area contributed by atoms with Gasteiger partial charge in [-0.05, 0) is 31.5 Å². The second kappa shape index (κ2) is 15.9. The second-order valence-corrected chi connectivity index (χ2v) is 7.51. The zero-order valence-electron chi connectivity index (χ0n) is 16.9. The van der Waals surface area contributed by atoms with Gasteiger partial charge in [-0.1, -0.05) is 95.0 Å². The number of carbonyl (C=O) groups is 1. The molecule has 0 aromatic heterocycles. The number of amides is 1. The quantitative estimate of drug-likeness (QED) is 0.364. The Morgan fingerprint density at radius 2 is 1.35 bits per heavy atom. The maximum absolute atomic E-state index is 11.0. The number of rotatable bonds is 17. The normalized spacial score (nSPS) is 11.2. The van der Waals surface area contributed by atoms with Gasteiger partial charge in [-0.2, -0.15) is 0 Å². The lowest BCUT2D eigenvalue weighted by Gasteiger charge is -2.22. The molecule has 1 aromatic carbocycles. The van der Waals surface area contributed by atoms with Crippen molar-refractivity contribution < 1.29 is 4.79 Å². The Bertz CT molecular complexity index is 447. The van der Waals surface area contributed by atoms with Crippen molar-refractivity contribution >= 4 is 5.91 Å². The number of unbranched alkanes of at least 4 members (excludes halogenated alkanes) is 9. The highest BCUT2D eigenvalue weighted by Gasteiger charge is 2.07. The van der Waals surface area contributed by atoms with Gasteiger partial charge in [0.05, 0.1) is 0 Å². The predicted octanol–water partition coefficient (Wildman–Crippen LogP) is 5.68. The molecular weight excluding hydrogens is 320 g/mol. The fourth-order valence-corrected chi connectivity index (χ4v) is 3.41. The first-order valence-electron chi connectivity index (χ1n) is 10.8. The molecular formula is C23H40N2O. The van der Waals surface area contributed by atoms with Crippen molar-refractivity contribution in [1.82, 2.24) is 4.90 Å². The Morgan fingerprint density at radius 3 is 1.92 bits per heavy atom. The van der Waals surface area contributed by atoms with Gasteiger partial charge in [0.1, 0.15) is 0 Å². The van der Waals surface area contributed by atoms with E-state index in [0.29, 0.717) is 6.42 Å². The van der Waals surface area contributed by atoms with Gasteiger partial charge < -0.3 is 5.73 Å². The minimum absolute atomic E-state index is 0.191. The van der Waals surface area contributed by atoms with E-state index in [9.17, 15) is 4.79 Å². The van der Waals surface area contributed by atoms with E-state index < -0.39 is 0 Å². The maximum Gasteiger partial charge on any atom is 0.217 e. The highest BCUT2D eigenvalue weighted by molar-refractivity contribution is 5.73. The molecule has 0 saturated heterocycles. The minimum atomic E-state index is -0.191. The summed E-state index contributed by atoms with van der Waals surface area (Å²) in [4.78, 5) is 13.5. The molecule has 0 radical (unpaired) electrons. The number of nitrogens with two attached hydrogens (primary N) is 1. The molecule has 1 aromatic rings. The van der Waals surface area contributed by atoms with Crippen LogP contribution in [-0.4, -0.2) is 23.9 Å². The van der Waals surface area contributed by atoms with Crippen LogP contribution in [0.4, 0.5) is 0 Å². The van der Waals surface area contributed by atoms with Gasteiger partial charge >= 0.3 is 0 Å². The Kier molecular flexibility index (Phi) is 13.8. The molecule has 1 rings (SSSR count). The Balaban J connectivity index is 2.16. The molecule has 148 valence electrons. The van der Waals surface area contributed by atoms with Gasteiger partial charge in [0, 0.05) is 13.0 Å². The Hall–Kier alpha value is -1.35. The molecule has 0 aliphatic rings. The van der Waals surface area contributed by atoms with Crippen LogP contribution in [0.25, 0.3) is 0 Å². The largest absolute Gasteiger partial charge is 0.370 e. The van der Waals surface area contributed by atoms with Gasteiger partial charge in [0.25, 0.3) is 0 Å². The van der Waals surface area contributed by atoms with E-state index in [1.807, 2.05) is 0 Å². The Morgan fingerprint density at radius 1 is 0.808 bits per heavy atom. The van der Waals surface area contributed by atoms with Crippen molar-refractivity contribution in [3.8, 4) is 0 Å². The summed E-state index contributed by atoms with van der Waals surface area (Å²) in [6.45, 7) is 5.31. The van der Waals surface area contributed by atoms with Crippen molar-refractivity contribution in [1.29, 1.82) is 0 Å². The molecule has 0 fully saturated rings. The number of hydrogen-bond acceptors (Lipinski definition) is 2. The highest BCUT2D eigenvalue weighted by Crippen LogP contribution is 2.12. The van der Waals surface area contributed by atoms with Crippen LogP contribution in [0.15, 0.2) is 30.3 Å². The van der Waals surface area contributed by atoms with E-state index >= 15 is 0 Å². The molecule has 0 aliphatic carbocycles. The van der Waals surface area contributed by atoms with E-state index in [4.69, 9.17) is 5.73 Å². The monoisotopic (exact) mass is 360 g/mol. The van der Waals surface area contributed by atoms with Crippen LogP contribution >= 0.6 is 0 Å². The molecule has 0 spiro atoms. The third-order valence-electron chi connectivity index (χ3n) is 4.97. The Labute approximate surface area is 161 Å². The lowest BCUT2D eigenvalue weighted by molar-refractivity contribution is -0.118. The summed E-state index contributed by atoms with van der Waals surface area (Å²) in [5, 5.41) is 0. The van der Waals surface area contributed by atoms with Gasteiger partial charge in [0.15, 0.2) is 0 Å². The number of nitrogens with zero attached hydrogens (tertiary/aromatic N) is 1. The summed E-state index contributed by atoms with van der Waals surface area (Å²) in [6, 6.07) is 10.6. The fraction of sp³-hybridized carbons (Fsp3) is 0.696. The summed E-state index contributed by atoms with van der Waals surface area (Å²) in [5.41, 5.74) is 6.63. The SMILES string of the molecule is CCCCCCCCCCCCN(CCCC(N)=O)Cc1ccccc1. The van der Waals surface area contributed by atoms with Crippen molar-refractivity contribution in [2.24, 2.45) is 5.73 Å². The van der Waals surface area contributed by atoms with Crippen LogP contribution < -0.4 is 5.73 Å². The molecule has 1 amide bonds. The summed E-state index contributed by atoms with van der Waals surface area (Å²) in [5.74, 6) is -0.191. The average Bonchev–Trinajstić information content (AvgIpc) is 2.63. The summed E-state index contributed by atoms with van der Waals surface area (Å²) >= 11 is 0. The van der Waals surface area contributed by atoms with Gasteiger partial charge in [-0.3, -0.25) is 9.69 Å². The molecule has 26 heavy (non-hydrogen) atoms. The first kappa shape index (κ1) is 22.7. The van der Waals surface area contributed by atoms with Crippen LogP contribution in [0, 0.1) is 0 Å². The molecule has 0 bridgehead atoms. The zero-order chi connectivity index (χ0) is 18.9. The minimum Gasteiger partial charge on any atom is -0.370 e. The van der Waals surface area contributed by atoms with E-state index in [-0.39, 0.29) is 5.91 Å². The van der Waals surface area contributed by atoms with Crippen molar-refractivity contribution in [3.05, 3.63) is 35.9 Å². The number of benzene rings is 1. The predicted molar refractivity (Wildman–Crippen MR) is 112 cm³/mol. The van der Waals surface area contributed by atoms with Gasteiger partial charge in [-0.25, -0.2) is 0 Å². The summed E-state index contributed by atoms with van der Waals surface area (Å²) < 4.78 is 0. The van der Waals surface area contributed by atoms with Gasteiger partial charge in [0.2, 0.25) is 5.91 Å². The molecule has 0 saturated carbocycles. The highest BCUT2D eigenvalue weighted by atomic mass is 16.1. The van der Waals surface area contributed by atoms with E-state index in [0.717, 1.165) is 26.1 Å². The lowest BCUT2D eigenvalue weighted by Crippen LogP contribution is -2.26. The number of carbonyl (C=O) groups excluding carboxylic acids is 1. The van der Waals surface area contributed by atoms with E-state index in [1.54, 1.807) is 0 Å². The van der Waals surface area contributed by atoms with Crippen LogP contribution in [0.3, 0.4) is 0 Å². The molecule has 0 unspecified atom stereocenters. The molecule has 3 heteroatoms. The van der Waals surface area contributed by atoms with Crippen LogP contribution in [-0.2, 0) is 11.3 Å². The van der Waals surface area contributed by atoms with Crippen LogP contribution in [0.5, 0.6) is 0 Å². The maximum atomic E-state index is 11.0. The van der Waals surface area contributed by atoms with Crippen LogP contribution in [0.1, 0.15) is 89.5 Å². The smallest absolute Gasteiger partial charge is 0.217 e.